The summed E-state index contributed by atoms with van der Waals surface area (Å²) in [7, 11) is 1.65. The molecule has 0 spiro atoms. The zero-order chi connectivity index (χ0) is 10.6. The zero-order valence-corrected chi connectivity index (χ0v) is 7.83. The molecule has 0 unspecified atom stereocenters. The van der Waals surface area contributed by atoms with E-state index in [0.29, 0.717) is 5.56 Å². The van der Waals surface area contributed by atoms with Crippen LogP contribution < -0.4 is 5.32 Å². The summed E-state index contributed by atoms with van der Waals surface area (Å²) in [6.45, 7) is 0. The Labute approximate surface area is 81.6 Å². The van der Waals surface area contributed by atoms with E-state index in [1.807, 2.05) is 0 Å². The molecule has 1 aromatic carbocycles. The predicted molar refractivity (Wildman–Crippen MR) is 50.5 cm³/mol. The molecule has 0 bridgehead atoms. The molecule has 0 aliphatic carbocycles. The van der Waals surface area contributed by atoms with Gasteiger partial charge in [-0.05, 0) is 24.7 Å². The largest absolute Gasteiger partial charge is 0.481 e. The van der Waals surface area contributed by atoms with Crippen molar-refractivity contribution >= 4 is 5.97 Å². The van der Waals surface area contributed by atoms with Crippen LogP contribution in [0.3, 0.4) is 0 Å². The minimum atomic E-state index is -0.909. The number of rotatable bonds is 4. The van der Waals surface area contributed by atoms with Gasteiger partial charge in [0.1, 0.15) is 5.82 Å². The number of nitrogens with one attached hydrogen (secondary N) is 1. The van der Waals surface area contributed by atoms with E-state index in [9.17, 15) is 9.18 Å². The molecule has 1 atom stereocenters. The highest BCUT2D eigenvalue weighted by Crippen LogP contribution is 2.16. The van der Waals surface area contributed by atoms with Crippen LogP contribution in [-0.2, 0) is 4.79 Å². The molecule has 3 nitrogen and oxygen atoms in total. The maximum absolute atomic E-state index is 12.8. The van der Waals surface area contributed by atoms with Crippen LogP contribution in [0.25, 0.3) is 0 Å². The Morgan fingerprint density at radius 2 is 2.36 bits per heavy atom. The van der Waals surface area contributed by atoms with Crippen molar-refractivity contribution in [2.45, 2.75) is 12.5 Å². The molecule has 14 heavy (non-hydrogen) atoms. The Bertz CT molecular complexity index is 328. The number of hydrogen-bond acceptors (Lipinski definition) is 2. The molecular formula is C10H12FNO2. The lowest BCUT2D eigenvalue weighted by Gasteiger charge is -2.13. The first kappa shape index (κ1) is 10.7. The van der Waals surface area contributed by atoms with Gasteiger partial charge in [-0.1, -0.05) is 12.1 Å². The van der Waals surface area contributed by atoms with E-state index in [4.69, 9.17) is 5.11 Å². The van der Waals surface area contributed by atoms with Gasteiger partial charge in [0.15, 0.2) is 0 Å². The summed E-state index contributed by atoms with van der Waals surface area (Å²) in [5.74, 6) is -1.26. The Morgan fingerprint density at radius 3 is 2.86 bits per heavy atom. The van der Waals surface area contributed by atoms with E-state index in [2.05, 4.69) is 5.32 Å². The lowest BCUT2D eigenvalue weighted by Crippen LogP contribution is -2.19. The van der Waals surface area contributed by atoms with Gasteiger partial charge < -0.3 is 10.4 Å². The molecule has 1 rings (SSSR count). The highest BCUT2D eigenvalue weighted by atomic mass is 19.1. The summed E-state index contributed by atoms with van der Waals surface area (Å²) in [4.78, 5) is 10.5. The van der Waals surface area contributed by atoms with Gasteiger partial charge in [0, 0.05) is 6.04 Å². The first-order valence-electron chi connectivity index (χ1n) is 4.28. The van der Waals surface area contributed by atoms with Crippen LogP contribution in [0.2, 0.25) is 0 Å². The van der Waals surface area contributed by atoms with Crippen molar-refractivity contribution in [3.05, 3.63) is 35.6 Å². The van der Waals surface area contributed by atoms with Crippen molar-refractivity contribution in [2.75, 3.05) is 7.05 Å². The fraction of sp³-hybridized carbons (Fsp3) is 0.300. The number of carboxylic acids is 1. The number of aliphatic carboxylic acids is 1. The lowest BCUT2D eigenvalue weighted by molar-refractivity contribution is -0.137. The fourth-order valence-electron chi connectivity index (χ4n) is 1.28. The van der Waals surface area contributed by atoms with Crippen molar-refractivity contribution < 1.29 is 14.3 Å². The number of halogens is 1. The summed E-state index contributed by atoms with van der Waals surface area (Å²) >= 11 is 0. The summed E-state index contributed by atoms with van der Waals surface area (Å²) in [5, 5.41) is 11.4. The van der Waals surface area contributed by atoms with Gasteiger partial charge in [0.25, 0.3) is 0 Å². The van der Waals surface area contributed by atoms with Crippen molar-refractivity contribution in [1.29, 1.82) is 0 Å². The molecule has 0 fully saturated rings. The Hall–Kier alpha value is -1.42. The topological polar surface area (TPSA) is 49.3 Å². The van der Waals surface area contributed by atoms with Gasteiger partial charge in [0.05, 0.1) is 6.42 Å². The Morgan fingerprint density at radius 1 is 1.64 bits per heavy atom. The van der Waals surface area contributed by atoms with Gasteiger partial charge in [-0.25, -0.2) is 4.39 Å². The van der Waals surface area contributed by atoms with Gasteiger partial charge in [-0.2, -0.15) is 0 Å². The highest BCUT2D eigenvalue weighted by molar-refractivity contribution is 5.67. The third-order valence-electron chi connectivity index (χ3n) is 1.98. The van der Waals surface area contributed by atoms with Crippen LogP contribution in [0.15, 0.2) is 24.3 Å². The standard InChI is InChI=1S/C10H12FNO2/c1-12-9(6-10(13)14)7-3-2-4-8(11)5-7/h2-5,9,12H,6H2,1H3,(H,13,14)/t9-/m0/s1. The predicted octanol–water partition coefficient (Wildman–Crippen LogP) is 1.56. The third kappa shape index (κ3) is 2.81. The van der Waals surface area contributed by atoms with Crippen LogP contribution in [-0.4, -0.2) is 18.1 Å². The van der Waals surface area contributed by atoms with Gasteiger partial charge in [0.2, 0.25) is 0 Å². The third-order valence-corrected chi connectivity index (χ3v) is 1.98. The average Bonchev–Trinajstić information content (AvgIpc) is 2.14. The highest BCUT2D eigenvalue weighted by Gasteiger charge is 2.13. The van der Waals surface area contributed by atoms with Crippen LogP contribution >= 0.6 is 0 Å². The summed E-state index contributed by atoms with van der Waals surface area (Å²) in [6.07, 6.45) is -0.0556. The average molecular weight is 197 g/mol. The minimum absolute atomic E-state index is 0.0556. The second-order valence-corrected chi connectivity index (χ2v) is 2.99. The molecule has 76 valence electrons. The van der Waals surface area contributed by atoms with Crippen LogP contribution in [0.4, 0.5) is 4.39 Å². The van der Waals surface area contributed by atoms with Crippen molar-refractivity contribution in [2.24, 2.45) is 0 Å². The molecule has 1 aromatic rings. The Balaban J connectivity index is 2.83. The van der Waals surface area contributed by atoms with Crippen molar-refractivity contribution in [3.8, 4) is 0 Å². The van der Waals surface area contributed by atoms with Crippen LogP contribution in [0, 0.1) is 5.82 Å². The Kier molecular flexibility index (Phi) is 3.59. The summed E-state index contributed by atoms with van der Waals surface area (Å²) < 4.78 is 12.8. The molecule has 0 radical (unpaired) electrons. The molecule has 0 heterocycles. The van der Waals surface area contributed by atoms with Crippen molar-refractivity contribution in [1.82, 2.24) is 5.32 Å². The zero-order valence-electron chi connectivity index (χ0n) is 7.83. The van der Waals surface area contributed by atoms with Gasteiger partial charge >= 0.3 is 5.97 Å². The number of benzene rings is 1. The minimum Gasteiger partial charge on any atom is -0.481 e. The smallest absolute Gasteiger partial charge is 0.305 e. The molecule has 0 aromatic heterocycles. The van der Waals surface area contributed by atoms with E-state index in [-0.39, 0.29) is 18.3 Å². The normalized spacial score (nSPS) is 12.4. The molecule has 0 aliphatic heterocycles. The molecule has 4 heteroatoms. The van der Waals surface area contributed by atoms with E-state index in [1.54, 1.807) is 19.2 Å². The first-order valence-corrected chi connectivity index (χ1v) is 4.28. The lowest BCUT2D eigenvalue weighted by atomic mass is 10.0. The first-order chi connectivity index (χ1) is 6.63. The van der Waals surface area contributed by atoms with Crippen LogP contribution in [0.1, 0.15) is 18.0 Å². The van der Waals surface area contributed by atoms with Gasteiger partial charge in [-0.3, -0.25) is 4.79 Å². The number of carboxylic acid groups (broad SMARTS) is 1. The summed E-state index contributed by atoms with van der Waals surface area (Å²) in [5.41, 5.74) is 0.648. The molecule has 2 N–H and O–H groups in total. The molecule has 0 amide bonds. The summed E-state index contributed by atoms with van der Waals surface area (Å²) in [6, 6.07) is 5.59. The van der Waals surface area contributed by atoms with Crippen LogP contribution in [0.5, 0.6) is 0 Å². The number of hydrogen-bond donors (Lipinski definition) is 2. The maximum atomic E-state index is 12.8. The van der Waals surface area contributed by atoms with E-state index in [0.717, 1.165) is 0 Å². The monoisotopic (exact) mass is 197 g/mol. The van der Waals surface area contributed by atoms with E-state index < -0.39 is 5.97 Å². The second-order valence-electron chi connectivity index (χ2n) is 2.99. The molecule has 0 saturated carbocycles. The molecular weight excluding hydrogens is 185 g/mol. The molecule has 0 saturated heterocycles. The second kappa shape index (κ2) is 4.72. The van der Waals surface area contributed by atoms with Crippen molar-refractivity contribution in [3.63, 3.8) is 0 Å². The quantitative estimate of drug-likeness (QED) is 0.770. The van der Waals surface area contributed by atoms with E-state index in [1.165, 1.54) is 12.1 Å². The fourth-order valence-corrected chi connectivity index (χ4v) is 1.28. The van der Waals surface area contributed by atoms with E-state index >= 15 is 0 Å². The number of carbonyl (C=O) groups is 1. The van der Waals surface area contributed by atoms with Gasteiger partial charge in [-0.15, -0.1) is 0 Å². The maximum Gasteiger partial charge on any atom is 0.305 e. The SMILES string of the molecule is CN[C@@H](CC(=O)O)c1cccc(F)c1. The molecule has 0 aliphatic rings.